The predicted molar refractivity (Wildman–Crippen MR) is 151 cm³/mol. The summed E-state index contributed by atoms with van der Waals surface area (Å²) in [6.07, 6.45) is -0.105. The minimum Gasteiger partial charge on any atom is -0.481 e. The number of rotatable bonds is 8. The Morgan fingerprint density at radius 3 is 2.18 bits per heavy atom. The average molecular weight is 562 g/mol. The second kappa shape index (κ2) is 11.1. The standard InChI is InChI=1S/C31H25ClFNO4S/c1-19(25-4-2-3-5-27(25)33)38-30(37)34-39-28-18-24(32)14-15-26(28)22-8-6-20(7-9-22)21-10-12-23(13-11-21)31(16-17-31)29(35)36/h2-15,18-19H,16-17H2,1H3,(H,34,37)(H,35,36)/t19-/m1/s1. The molecule has 0 saturated heterocycles. The van der Waals surface area contributed by atoms with Gasteiger partial charge in [0, 0.05) is 15.5 Å². The van der Waals surface area contributed by atoms with Gasteiger partial charge in [-0.1, -0.05) is 84.4 Å². The van der Waals surface area contributed by atoms with E-state index in [0.717, 1.165) is 44.7 Å². The second-order valence-electron chi connectivity index (χ2n) is 9.46. The van der Waals surface area contributed by atoms with Gasteiger partial charge in [-0.15, -0.1) is 0 Å². The summed E-state index contributed by atoms with van der Waals surface area (Å²) >= 11 is 7.31. The zero-order valence-electron chi connectivity index (χ0n) is 21.0. The summed E-state index contributed by atoms with van der Waals surface area (Å²) < 4.78 is 22.0. The van der Waals surface area contributed by atoms with Crippen molar-refractivity contribution >= 4 is 35.6 Å². The van der Waals surface area contributed by atoms with E-state index in [4.69, 9.17) is 16.3 Å². The third kappa shape index (κ3) is 5.79. The number of ether oxygens (including phenoxy) is 1. The fraction of sp³-hybridized carbons (Fsp3) is 0.161. The van der Waals surface area contributed by atoms with Gasteiger partial charge < -0.3 is 9.84 Å². The first kappa shape index (κ1) is 26.8. The quantitative estimate of drug-likeness (QED) is 0.211. The summed E-state index contributed by atoms with van der Waals surface area (Å²) in [6.45, 7) is 1.61. The van der Waals surface area contributed by atoms with Crippen molar-refractivity contribution in [2.24, 2.45) is 0 Å². The van der Waals surface area contributed by atoms with E-state index < -0.39 is 29.4 Å². The molecule has 4 aromatic carbocycles. The van der Waals surface area contributed by atoms with E-state index in [0.29, 0.717) is 23.4 Å². The Morgan fingerprint density at radius 1 is 0.949 bits per heavy atom. The molecule has 0 aromatic heterocycles. The smallest absolute Gasteiger partial charge is 0.418 e. The molecular weight excluding hydrogens is 537 g/mol. The molecule has 0 spiro atoms. The number of halogens is 2. The molecule has 0 unspecified atom stereocenters. The van der Waals surface area contributed by atoms with Gasteiger partial charge in [-0.2, -0.15) is 0 Å². The summed E-state index contributed by atoms with van der Waals surface area (Å²) in [6, 6.07) is 27.2. The Balaban J connectivity index is 1.28. The lowest BCUT2D eigenvalue weighted by Crippen LogP contribution is -2.19. The predicted octanol–water partition coefficient (Wildman–Crippen LogP) is 8.42. The van der Waals surface area contributed by atoms with Crippen molar-refractivity contribution < 1.29 is 23.8 Å². The van der Waals surface area contributed by atoms with Crippen LogP contribution in [0.5, 0.6) is 0 Å². The first-order valence-electron chi connectivity index (χ1n) is 12.4. The molecule has 198 valence electrons. The van der Waals surface area contributed by atoms with Crippen LogP contribution in [-0.4, -0.2) is 17.2 Å². The van der Waals surface area contributed by atoms with Crippen molar-refractivity contribution in [2.45, 2.75) is 36.2 Å². The zero-order valence-corrected chi connectivity index (χ0v) is 22.6. The lowest BCUT2D eigenvalue weighted by Gasteiger charge is -2.15. The largest absolute Gasteiger partial charge is 0.481 e. The lowest BCUT2D eigenvalue weighted by molar-refractivity contribution is -0.140. The van der Waals surface area contributed by atoms with E-state index in [2.05, 4.69) is 4.72 Å². The molecule has 1 atom stereocenters. The van der Waals surface area contributed by atoms with E-state index in [1.54, 1.807) is 37.3 Å². The first-order chi connectivity index (χ1) is 18.8. The third-order valence-corrected chi connectivity index (χ3v) is 8.00. The number of carbonyl (C=O) groups is 2. The van der Waals surface area contributed by atoms with Crippen LogP contribution in [0.25, 0.3) is 22.3 Å². The summed E-state index contributed by atoms with van der Waals surface area (Å²) in [4.78, 5) is 24.8. The van der Waals surface area contributed by atoms with Crippen molar-refractivity contribution in [2.75, 3.05) is 0 Å². The van der Waals surface area contributed by atoms with E-state index in [1.807, 2.05) is 54.6 Å². The van der Waals surface area contributed by atoms with Crippen LogP contribution in [0, 0.1) is 5.82 Å². The van der Waals surface area contributed by atoms with E-state index >= 15 is 0 Å². The Bertz CT molecular complexity index is 1520. The van der Waals surface area contributed by atoms with Gasteiger partial charge in [0.2, 0.25) is 0 Å². The molecular formula is C31H25ClFNO4S. The summed E-state index contributed by atoms with van der Waals surface area (Å²) in [7, 11) is 0. The summed E-state index contributed by atoms with van der Waals surface area (Å²) in [5.74, 6) is -1.20. The number of benzene rings is 4. The lowest BCUT2D eigenvalue weighted by atomic mass is 9.93. The number of amides is 1. The minimum atomic E-state index is -0.765. The van der Waals surface area contributed by atoms with Crippen molar-refractivity contribution in [3.05, 3.63) is 113 Å². The van der Waals surface area contributed by atoms with Crippen LogP contribution in [0.2, 0.25) is 5.02 Å². The number of hydrogen-bond donors (Lipinski definition) is 2. The van der Waals surface area contributed by atoms with Gasteiger partial charge in [0.05, 0.1) is 5.41 Å². The maximum atomic E-state index is 14.0. The summed E-state index contributed by atoms with van der Waals surface area (Å²) in [5, 5.41) is 10.0. The number of carboxylic acids is 1. The van der Waals surface area contributed by atoms with Crippen molar-refractivity contribution in [1.29, 1.82) is 0 Å². The maximum absolute atomic E-state index is 14.0. The Labute approximate surface area is 235 Å². The van der Waals surface area contributed by atoms with Gasteiger partial charge in [0.25, 0.3) is 0 Å². The highest BCUT2D eigenvalue weighted by atomic mass is 35.5. The molecule has 0 radical (unpaired) electrons. The van der Waals surface area contributed by atoms with Crippen LogP contribution in [-0.2, 0) is 14.9 Å². The fourth-order valence-corrected chi connectivity index (χ4v) is 5.50. The van der Waals surface area contributed by atoms with Crippen molar-refractivity contribution in [1.82, 2.24) is 4.72 Å². The monoisotopic (exact) mass is 561 g/mol. The Morgan fingerprint density at radius 2 is 1.56 bits per heavy atom. The highest BCUT2D eigenvalue weighted by Crippen LogP contribution is 2.48. The zero-order chi connectivity index (χ0) is 27.6. The fourth-order valence-electron chi connectivity index (χ4n) is 4.54. The molecule has 4 aromatic rings. The van der Waals surface area contributed by atoms with Gasteiger partial charge >= 0.3 is 12.1 Å². The van der Waals surface area contributed by atoms with Crippen molar-refractivity contribution in [3.8, 4) is 22.3 Å². The van der Waals surface area contributed by atoms with E-state index in [9.17, 15) is 19.1 Å². The van der Waals surface area contributed by atoms with Crippen LogP contribution < -0.4 is 4.72 Å². The maximum Gasteiger partial charge on any atom is 0.418 e. The number of carboxylic acid groups (broad SMARTS) is 1. The molecule has 1 saturated carbocycles. The highest BCUT2D eigenvalue weighted by Gasteiger charge is 2.51. The van der Waals surface area contributed by atoms with Crippen LogP contribution in [0.15, 0.2) is 95.9 Å². The molecule has 5 nitrogen and oxygen atoms in total. The number of aliphatic carboxylic acids is 1. The number of nitrogens with one attached hydrogen (secondary N) is 1. The molecule has 5 rings (SSSR count). The summed E-state index contributed by atoms with van der Waals surface area (Å²) in [5.41, 5.74) is 4.19. The molecule has 1 aliphatic rings. The third-order valence-electron chi connectivity index (χ3n) is 6.94. The molecule has 2 N–H and O–H groups in total. The second-order valence-corrected chi connectivity index (χ2v) is 10.7. The van der Waals surface area contributed by atoms with Gasteiger partial charge in [0.15, 0.2) is 0 Å². The van der Waals surface area contributed by atoms with Gasteiger partial charge in [-0.3, -0.25) is 9.52 Å². The molecule has 0 bridgehead atoms. The van der Waals surface area contributed by atoms with E-state index in [1.165, 1.54) is 6.07 Å². The Hall–Kier alpha value is -3.81. The molecule has 1 fully saturated rings. The van der Waals surface area contributed by atoms with Gasteiger partial charge in [0.1, 0.15) is 11.9 Å². The van der Waals surface area contributed by atoms with Gasteiger partial charge in [-0.05, 0) is 77.7 Å². The van der Waals surface area contributed by atoms with E-state index in [-0.39, 0.29) is 0 Å². The van der Waals surface area contributed by atoms with Crippen LogP contribution >= 0.6 is 23.5 Å². The first-order valence-corrected chi connectivity index (χ1v) is 13.6. The molecule has 1 aliphatic carbocycles. The number of carbonyl (C=O) groups excluding carboxylic acids is 1. The average Bonchev–Trinajstić information content (AvgIpc) is 3.75. The minimum absolute atomic E-state index is 0.296. The number of hydrogen-bond acceptors (Lipinski definition) is 4. The molecule has 39 heavy (non-hydrogen) atoms. The van der Waals surface area contributed by atoms with Crippen LogP contribution in [0.3, 0.4) is 0 Å². The molecule has 1 amide bonds. The highest BCUT2D eigenvalue weighted by molar-refractivity contribution is 7.98. The van der Waals surface area contributed by atoms with Gasteiger partial charge in [-0.25, -0.2) is 9.18 Å². The van der Waals surface area contributed by atoms with Crippen LogP contribution in [0.1, 0.15) is 37.0 Å². The molecule has 0 heterocycles. The molecule has 8 heteroatoms. The molecule has 0 aliphatic heterocycles. The topological polar surface area (TPSA) is 75.6 Å². The normalized spacial score (nSPS) is 14.3. The SMILES string of the molecule is C[C@@H](OC(=O)NSc1cc(Cl)ccc1-c1ccc(-c2ccc(C3(C(=O)O)CC3)cc2)cc1)c1ccccc1F. The Kier molecular flexibility index (Phi) is 7.64. The van der Waals surface area contributed by atoms with Crippen molar-refractivity contribution in [3.63, 3.8) is 0 Å². The van der Waals surface area contributed by atoms with Crippen LogP contribution in [0.4, 0.5) is 9.18 Å².